The van der Waals surface area contributed by atoms with E-state index in [9.17, 15) is 13.2 Å². The van der Waals surface area contributed by atoms with E-state index < -0.39 is 10.0 Å². The number of nitrogens with zero attached hydrogens (tertiary/aromatic N) is 2. The summed E-state index contributed by atoms with van der Waals surface area (Å²) in [6.07, 6.45) is 8.30. The average molecular weight is 515 g/mol. The van der Waals surface area contributed by atoms with E-state index in [1.165, 1.54) is 29.8 Å². The van der Waals surface area contributed by atoms with Gasteiger partial charge in [0.2, 0.25) is 0 Å². The van der Waals surface area contributed by atoms with Crippen molar-refractivity contribution >= 4 is 45.4 Å². The number of likely N-dealkylation sites (tertiary alicyclic amines) is 1. The van der Waals surface area contributed by atoms with Crippen LogP contribution in [0.3, 0.4) is 0 Å². The zero-order valence-corrected chi connectivity index (χ0v) is 20.5. The Hall–Kier alpha value is -2.88. The molecule has 2 aromatic carbocycles. The second-order valence-electron chi connectivity index (χ2n) is 8.21. The molecule has 0 aliphatic carbocycles. The molecule has 0 saturated carbocycles. The lowest BCUT2D eigenvalue weighted by Gasteiger charge is -2.32. The van der Waals surface area contributed by atoms with Gasteiger partial charge in [0.1, 0.15) is 4.91 Å². The van der Waals surface area contributed by atoms with Gasteiger partial charge in [0.15, 0.2) is 0 Å². The molecule has 3 heterocycles. The Labute approximate surface area is 208 Å². The Morgan fingerprint density at radius 1 is 1.12 bits per heavy atom. The molecule has 1 amide bonds. The summed E-state index contributed by atoms with van der Waals surface area (Å²) < 4.78 is 33.8. The highest BCUT2D eigenvalue weighted by atomic mass is 35.5. The summed E-state index contributed by atoms with van der Waals surface area (Å²) in [4.78, 5) is 15.3. The second kappa shape index (κ2) is 9.40. The Balaban J connectivity index is 1.36. The molecule has 3 aliphatic heterocycles. The molecule has 3 aliphatic rings. The molecule has 0 atom stereocenters. The number of fused-ring (bicyclic) bond motifs is 1. The molecule has 7 nitrogen and oxygen atoms in total. The van der Waals surface area contributed by atoms with Gasteiger partial charge in [-0.1, -0.05) is 41.9 Å². The Morgan fingerprint density at radius 2 is 1.88 bits per heavy atom. The van der Waals surface area contributed by atoms with Gasteiger partial charge in [-0.3, -0.25) is 13.8 Å². The Morgan fingerprint density at radius 3 is 2.65 bits per heavy atom. The second-order valence-corrected chi connectivity index (χ2v) is 11.1. The zero-order valence-electron chi connectivity index (χ0n) is 18.1. The summed E-state index contributed by atoms with van der Waals surface area (Å²) in [6, 6.07) is 15.0. The number of anilines is 1. The summed E-state index contributed by atoms with van der Waals surface area (Å²) in [7, 11) is -3.97. The van der Waals surface area contributed by atoms with Crippen LogP contribution in [0.5, 0.6) is 0 Å². The van der Waals surface area contributed by atoms with Gasteiger partial charge in [-0.05, 0) is 54.7 Å². The van der Waals surface area contributed by atoms with E-state index in [0.717, 1.165) is 12.8 Å². The molecule has 0 spiro atoms. The molecule has 1 fully saturated rings. The average Bonchev–Trinajstić information content (AvgIpc) is 3.33. The van der Waals surface area contributed by atoms with E-state index in [-0.39, 0.29) is 22.1 Å². The maximum Gasteiger partial charge on any atom is 0.264 e. The first-order chi connectivity index (χ1) is 16.4. The number of hydrogen-bond donors (Lipinski definition) is 2. The number of amides is 1. The van der Waals surface area contributed by atoms with E-state index >= 15 is 0 Å². The van der Waals surface area contributed by atoms with Gasteiger partial charge in [0, 0.05) is 30.5 Å². The monoisotopic (exact) mass is 514 g/mol. The number of sulfonamides is 1. The molecular formula is C24H23ClN4O3S2. The number of rotatable bonds is 5. The van der Waals surface area contributed by atoms with Gasteiger partial charge in [-0.2, -0.15) is 0 Å². The van der Waals surface area contributed by atoms with Crippen LogP contribution in [0, 0.1) is 0 Å². The fourth-order valence-electron chi connectivity index (χ4n) is 4.36. The van der Waals surface area contributed by atoms with Gasteiger partial charge in [0.25, 0.3) is 15.9 Å². The number of carbonyl (C=O) groups is 1. The predicted molar refractivity (Wildman–Crippen MR) is 136 cm³/mol. The maximum atomic E-state index is 13.4. The lowest BCUT2D eigenvalue weighted by molar-refractivity contribution is 0.0714. The molecular weight excluding hydrogens is 492 g/mol. The summed E-state index contributed by atoms with van der Waals surface area (Å²) >= 11 is 7.45. The molecule has 34 heavy (non-hydrogen) atoms. The molecule has 10 heteroatoms. The van der Waals surface area contributed by atoms with Crippen LogP contribution in [0.15, 0.2) is 83.7 Å². The van der Waals surface area contributed by atoms with E-state index in [0.29, 0.717) is 29.7 Å². The van der Waals surface area contributed by atoms with Crippen molar-refractivity contribution in [1.82, 2.24) is 13.9 Å². The van der Waals surface area contributed by atoms with Crippen molar-refractivity contribution in [2.45, 2.75) is 18.8 Å². The van der Waals surface area contributed by atoms with Crippen molar-refractivity contribution in [2.75, 3.05) is 17.8 Å². The third-order valence-electron chi connectivity index (χ3n) is 6.10. The normalized spacial score (nSPS) is 18.1. The highest BCUT2D eigenvalue weighted by Gasteiger charge is 2.32. The molecule has 0 aromatic heterocycles. The summed E-state index contributed by atoms with van der Waals surface area (Å²) in [6.45, 7) is 1.21. The van der Waals surface area contributed by atoms with Crippen LogP contribution in [-0.4, -0.2) is 36.6 Å². The number of allylic oxidation sites excluding steroid dienone is 2. The Bertz CT molecular complexity index is 1300. The molecule has 0 bridgehead atoms. The van der Waals surface area contributed by atoms with Gasteiger partial charge in [0.05, 0.1) is 29.1 Å². The van der Waals surface area contributed by atoms with Gasteiger partial charge in [-0.15, -0.1) is 0 Å². The maximum absolute atomic E-state index is 13.4. The van der Waals surface area contributed by atoms with Crippen LogP contribution < -0.4 is 9.44 Å². The minimum Gasteiger partial charge on any atom is -0.339 e. The van der Waals surface area contributed by atoms with Crippen LogP contribution >= 0.6 is 23.7 Å². The molecule has 0 radical (unpaired) electrons. The first kappa shape index (κ1) is 22.9. The third kappa shape index (κ3) is 4.55. The molecule has 2 aromatic rings. The Kier molecular flexibility index (Phi) is 6.33. The number of carbonyl (C=O) groups excluding carboxylic acids is 1. The van der Waals surface area contributed by atoms with E-state index in [1.54, 1.807) is 39.8 Å². The predicted octanol–water partition coefficient (Wildman–Crippen LogP) is 4.82. The molecule has 1 saturated heterocycles. The van der Waals surface area contributed by atoms with Gasteiger partial charge in [-0.25, -0.2) is 8.42 Å². The van der Waals surface area contributed by atoms with Crippen molar-refractivity contribution in [1.29, 1.82) is 0 Å². The van der Waals surface area contributed by atoms with Crippen molar-refractivity contribution in [2.24, 2.45) is 0 Å². The quantitative estimate of drug-likeness (QED) is 0.557. The molecule has 176 valence electrons. The summed E-state index contributed by atoms with van der Waals surface area (Å²) in [5.74, 6) is 0.200. The largest absolute Gasteiger partial charge is 0.339 e. The lowest BCUT2D eigenvalue weighted by Crippen LogP contribution is -2.38. The smallest absolute Gasteiger partial charge is 0.264 e. The van der Waals surface area contributed by atoms with E-state index in [2.05, 4.69) is 21.6 Å². The number of piperidine rings is 1. The lowest BCUT2D eigenvalue weighted by atomic mass is 9.89. The fraction of sp³-hybridized carbons (Fsp3) is 0.208. The first-order valence-corrected chi connectivity index (χ1v) is 13.5. The van der Waals surface area contributed by atoms with Crippen molar-refractivity contribution in [3.8, 4) is 0 Å². The van der Waals surface area contributed by atoms with Crippen molar-refractivity contribution in [3.05, 3.63) is 99.8 Å². The first-order valence-electron chi connectivity index (χ1n) is 10.9. The highest BCUT2D eigenvalue weighted by Crippen LogP contribution is 2.35. The minimum absolute atomic E-state index is 0.106. The van der Waals surface area contributed by atoms with Gasteiger partial charge < -0.3 is 9.62 Å². The number of halogens is 1. The van der Waals surface area contributed by atoms with Crippen LogP contribution in [0.1, 0.15) is 34.7 Å². The molecule has 2 N–H and O–H groups in total. The van der Waals surface area contributed by atoms with Crippen molar-refractivity contribution < 1.29 is 13.2 Å². The standard InChI is InChI=1S/C24H23ClN4O3S2/c25-19-8-9-20(24(30)28-13-10-18(11-14-28)17-5-2-1-3-6-17)21(15-19)27-34(31,32)23-7-4-12-29-22(23)16-26-33-29/h1-9,12,15-16,18,26-27H,10-11,13-14H2. The SMILES string of the molecule is O=C(c1ccc(Cl)cc1NS(=O)(=O)C1=CC=CN2SNC=C12)N1CCC(c2ccccc2)CC1. The zero-order chi connectivity index (χ0) is 23.7. The van der Waals surface area contributed by atoms with Crippen molar-refractivity contribution in [3.63, 3.8) is 0 Å². The number of hydrogen-bond acceptors (Lipinski definition) is 6. The summed E-state index contributed by atoms with van der Waals surface area (Å²) in [5, 5.41) is 0.341. The molecule has 0 unspecified atom stereocenters. The summed E-state index contributed by atoms with van der Waals surface area (Å²) in [5.41, 5.74) is 2.25. The van der Waals surface area contributed by atoms with Crippen LogP contribution in [0.4, 0.5) is 5.69 Å². The fourth-order valence-corrected chi connectivity index (χ4v) is 6.51. The molecule has 5 rings (SSSR count). The van der Waals surface area contributed by atoms with E-state index in [4.69, 9.17) is 11.6 Å². The van der Waals surface area contributed by atoms with Gasteiger partial charge >= 0.3 is 0 Å². The topological polar surface area (TPSA) is 81.8 Å². The third-order valence-corrected chi connectivity index (χ3v) is 8.49. The highest BCUT2D eigenvalue weighted by molar-refractivity contribution is 7.97. The van der Waals surface area contributed by atoms with Crippen LogP contribution in [0.2, 0.25) is 5.02 Å². The van der Waals surface area contributed by atoms with Crippen LogP contribution in [-0.2, 0) is 10.0 Å². The van der Waals surface area contributed by atoms with E-state index in [1.807, 2.05) is 18.2 Å². The number of benzene rings is 2. The minimum atomic E-state index is -3.97. The number of nitrogens with one attached hydrogen (secondary N) is 2. The van der Waals surface area contributed by atoms with Crippen LogP contribution in [0.25, 0.3) is 0 Å².